The Morgan fingerprint density at radius 3 is 2.65 bits per heavy atom. The molecule has 1 heterocycles. The number of aromatic nitrogens is 2. The minimum Gasteiger partial charge on any atom is -0.478 e. The molecule has 0 aliphatic carbocycles. The summed E-state index contributed by atoms with van der Waals surface area (Å²) in [6, 6.07) is 11.5. The van der Waals surface area contributed by atoms with Crippen molar-refractivity contribution < 1.29 is 9.90 Å². The highest BCUT2D eigenvalue weighted by molar-refractivity contribution is 6.30. The second-order valence-electron chi connectivity index (χ2n) is 4.25. The first-order valence-corrected chi connectivity index (χ1v) is 6.19. The molecule has 0 amide bonds. The smallest absolute Gasteiger partial charge is 0.337 e. The normalized spacial score (nSPS) is 10.8. The summed E-state index contributed by atoms with van der Waals surface area (Å²) < 4.78 is 1.40. The second kappa shape index (κ2) is 4.54. The number of carboxylic acid groups (broad SMARTS) is 1. The van der Waals surface area contributed by atoms with E-state index in [1.807, 2.05) is 0 Å². The van der Waals surface area contributed by atoms with Crippen molar-refractivity contribution in [1.29, 1.82) is 0 Å². The fourth-order valence-corrected chi connectivity index (χ4v) is 2.36. The molecule has 0 aliphatic rings. The number of hydrogen-bond donors (Lipinski definition) is 2. The first-order valence-electron chi connectivity index (χ1n) is 5.81. The van der Waals surface area contributed by atoms with Crippen molar-refractivity contribution in [3.8, 4) is 5.69 Å². The van der Waals surface area contributed by atoms with E-state index in [4.69, 9.17) is 16.7 Å². The lowest BCUT2D eigenvalue weighted by molar-refractivity contribution is 0.0699. The van der Waals surface area contributed by atoms with Crippen molar-refractivity contribution in [2.75, 3.05) is 0 Å². The molecule has 1 aromatic heterocycles. The van der Waals surface area contributed by atoms with E-state index in [0.29, 0.717) is 21.7 Å². The van der Waals surface area contributed by atoms with Gasteiger partial charge in [0.05, 0.1) is 22.3 Å². The lowest BCUT2D eigenvalue weighted by atomic mass is 10.2. The fraction of sp³-hybridized carbons (Fsp3) is 0. The summed E-state index contributed by atoms with van der Waals surface area (Å²) in [5.41, 5.74) is 1.02. The van der Waals surface area contributed by atoms with Gasteiger partial charge < -0.3 is 10.1 Å². The van der Waals surface area contributed by atoms with Gasteiger partial charge in [-0.1, -0.05) is 23.7 Å². The first-order chi connectivity index (χ1) is 9.58. The standard InChI is InChI=1S/C14H9ClN2O3/c15-8-3-1-4-9(7-8)17-11-6-2-5-10(13(18)19)12(11)16-14(17)20/h1-7H,(H,16,20)(H,18,19). The number of aromatic amines is 1. The van der Waals surface area contributed by atoms with Crippen LogP contribution in [0, 0.1) is 0 Å². The summed E-state index contributed by atoms with van der Waals surface area (Å²) in [5, 5.41) is 9.64. The first kappa shape index (κ1) is 12.5. The van der Waals surface area contributed by atoms with Crippen molar-refractivity contribution >= 4 is 28.6 Å². The molecule has 2 aromatic carbocycles. The van der Waals surface area contributed by atoms with E-state index < -0.39 is 11.7 Å². The van der Waals surface area contributed by atoms with Gasteiger partial charge in [-0.05, 0) is 30.3 Å². The van der Waals surface area contributed by atoms with Gasteiger partial charge in [0.1, 0.15) is 0 Å². The van der Waals surface area contributed by atoms with Crippen molar-refractivity contribution in [3.63, 3.8) is 0 Å². The lowest BCUT2D eigenvalue weighted by Gasteiger charge is -2.04. The SMILES string of the molecule is O=C(O)c1cccc2c1[nH]c(=O)n2-c1cccc(Cl)c1. The predicted octanol–water partition coefficient (Wildman–Crippen LogP) is 2.67. The van der Waals surface area contributed by atoms with Crippen LogP contribution in [0.2, 0.25) is 5.02 Å². The van der Waals surface area contributed by atoms with Crippen molar-refractivity contribution in [2.24, 2.45) is 0 Å². The summed E-state index contributed by atoms with van der Waals surface area (Å²) in [4.78, 5) is 25.8. The van der Waals surface area contributed by atoms with Crippen LogP contribution >= 0.6 is 11.6 Å². The quantitative estimate of drug-likeness (QED) is 0.761. The maximum Gasteiger partial charge on any atom is 0.337 e. The van der Waals surface area contributed by atoms with Gasteiger partial charge in [-0.25, -0.2) is 9.59 Å². The molecule has 5 nitrogen and oxygen atoms in total. The minimum atomic E-state index is -1.09. The molecule has 2 N–H and O–H groups in total. The van der Waals surface area contributed by atoms with Crippen LogP contribution in [0.5, 0.6) is 0 Å². The maximum absolute atomic E-state index is 12.1. The average molecular weight is 289 g/mol. The number of carboxylic acids is 1. The summed E-state index contributed by atoms with van der Waals surface area (Å²) in [7, 11) is 0. The highest BCUT2D eigenvalue weighted by Crippen LogP contribution is 2.20. The Bertz CT molecular complexity index is 880. The molecule has 20 heavy (non-hydrogen) atoms. The molecule has 0 saturated carbocycles. The average Bonchev–Trinajstić information content (AvgIpc) is 2.74. The third-order valence-corrected chi connectivity index (χ3v) is 3.25. The van der Waals surface area contributed by atoms with Gasteiger partial charge >= 0.3 is 11.7 Å². The molecular weight excluding hydrogens is 280 g/mol. The van der Waals surface area contributed by atoms with Gasteiger partial charge in [-0.15, -0.1) is 0 Å². The van der Waals surface area contributed by atoms with Crippen LogP contribution in [-0.4, -0.2) is 20.6 Å². The Kier molecular flexibility index (Phi) is 2.84. The maximum atomic E-state index is 12.1. The Hall–Kier alpha value is -2.53. The molecule has 0 saturated heterocycles. The number of hydrogen-bond acceptors (Lipinski definition) is 2. The number of nitrogens with zero attached hydrogens (tertiary/aromatic N) is 1. The third-order valence-electron chi connectivity index (χ3n) is 3.02. The number of halogens is 1. The molecule has 100 valence electrons. The lowest BCUT2D eigenvalue weighted by Crippen LogP contribution is -2.14. The van der Waals surface area contributed by atoms with E-state index in [1.165, 1.54) is 10.6 Å². The molecular formula is C14H9ClN2O3. The second-order valence-corrected chi connectivity index (χ2v) is 4.69. The molecule has 0 radical (unpaired) electrons. The molecule has 0 fully saturated rings. The highest BCUT2D eigenvalue weighted by atomic mass is 35.5. The monoisotopic (exact) mass is 288 g/mol. The molecule has 3 aromatic rings. The number of H-pyrrole nitrogens is 1. The number of carbonyl (C=O) groups is 1. The van der Waals surface area contributed by atoms with E-state index in [2.05, 4.69) is 4.98 Å². The Morgan fingerprint density at radius 2 is 1.95 bits per heavy atom. The highest BCUT2D eigenvalue weighted by Gasteiger charge is 2.15. The molecule has 0 bridgehead atoms. The predicted molar refractivity (Wildman–Crippen MR) is 75.9 cm³/mol. The van der Waals surface area contributed by atoms with Gasteiger partial charge in [-0.2, -0.15) is 0 Å². The summed E-state index contributed by atoms with van der Waals surface area (Å²) in [6.45, 7) is 0. The number of rotatable bonds is 2. The summed E-state index contributed by atoms with van der Waals surface area (Å²) in [5.74, 6) is -1.09. The summed E-state index contributed by atoms with van der Waals surface area (Å²) >= 11 is 5.93. The Morgan fingerprint density at radius 1 is 1.20 bits per heavy atom. The zero-order valence-corrected chi connectivity index (χ0v) is 10.9. The number of benzene rings is 2. The largest absolute Gasteiger partial charge is 0.478 e. The van der Waals surface area contributed by atoms with E-state index in [-0.39, 0.29) is 5.56 Å². The number of para-hydroxylation sites is 1. The van der Waals surface area contributed by atoms with Crippen LogP contribution in [0.3, 0.4) is 0 Å². The van der Waals surface area contributed by atoms with Crippen LogP contribution in [-0.2, 0) is 0 Å². The van der Waals surface area contributed by atoms with Crippen LogP contribution in [0.1, 0.15) is 10.4 Å². The van der Waals surface area contributed by atoms with Gasteiger partial charge in [0.15, 0.2) is 0 Å². The fourth-order valence-electron chi connectivity index (χ4n) is 2.18. The van der Waals surface area contributed by atoms with Gasteiger partial charge in [0, 0.05) is 5.02 Å². The number of nitrogens with one attached hydrogen (secondary N) is 1. The van der Waals surface area contributed by atoms with Gasteiger partial charge in [0.25, 0.3) is 0 Å². The van der Waals surface area contributed by atoms with E-state index in [1.54, 1.807) is 36.4 Å². The minimum absolute atomic E-state index is 0.0559. The molecule has 3 rings (SSSR count). The topological polar surface area (TPSA) is 75.1 Å². The molecule has 0 unspecified atom stereocenters. The van der Waals surface area contributed by atoms with Gasteiger partial charge in [0.2, 0.25) is 0 Å². The van der Waals surface area contributed by atoms with E-state index in [0.717, 1.165) is 0 Å². The number of aromatic carboxylic acids is 1. The van der Waals surface area contributed by atoms with Gasteiger partial charge in [-0.3, -0.25) is 4.57 Å². The van der Waals surface area contributed by atoms with Crippen LogP contribution in [0.4, 0.5) is 0 Å². The molecule has 6 heteroatoms. The van der Waals surface area contributed by atoms with Crippen molar-refractivity contribution in [1.82, 2.24) is 9.55 Å². The molecule has 0 spiro atoms. The summed E-state index contributed by atoms with van der Waals surface area (Å²) in [6.07, 6.45) is 0. The Balaban J connectivity index is 2.38. The number of imidazole rings is 1. The van der Waals surface area contributed by atoms with Crippen LogP contribution in [0.25, 0.3) is 16.7 Å². The van der Waals surface area contributed by atoms with Crippen molar-refractivity contribution in [2.45, 2.75) is 0 Å². The molecule has 0 aliphatic heterocycles. The molecule has 0 atom stereocenters. The van der Waals surface area contributed by atoms with Crippen molar-refractivity contribution in [3.05, 3.63) is 63.5 Å². The zero-order chi connectivity index (χ0) is 14.3. The Labute approximate surface area is 118 Å². The third kappa shape index (κ3) is 1.88. The van der Waals surface area contributed by atoms with Crippen LogP contribution < -0.4 is 5.69 Å². The van der Waals surface area contributed by atoms with E-state index in [9.17, 15) is 9.59 Å². The van der Waals surface area contributed by atoms with Crippen LogP contribution in [0.15, 0.2) is 47.3 Å². The number of fused-ring (bicyclic) bond motifs is 1. The zero-order valence-electron chi connectivity index (χ0n) is 10.1. The van der Waals surface area contributed by atoms with E-state index >= 15 is 0 Å².